The highest BCUT2D eigenvalue weighted by atomic mass is 35.5. The molecule has 6 aromatic carbocycles. The number of ether oxygens (including phenoxy) is 2. The molecule has 0 saturated carbocycles. The zero-order chi connectivity index (χ0) is 59.5. The molecule has 0 saturated heterocycles. The third-order valence-electron chi connectivity index (χ3n) is 15.6. The number of hydrogen-bond donors (Lipinski definition) is 6. The number of carbonyl (C=O) groups is 2. The molecule has 0 unspecified atom stereocenters. The maximum atomic E-state index is 12.8. The van der Waals surface area contributed by atoms with Gasteiger partial charge in [0, 0.05) is 59.5 Å². The second kappa shape index (κ2) is 30.4. The Bertz CT molecular complexity index is 3160. The van der Waals surface area contributed by atoms with E-state index in [1.54, 1.807) is 0 Å². The van der Waals surface area contributed by atoms with E-state index < -0.39 is 11.9 Å². The quantitative estimate of drug-likeness (QED) is 0.0395. The summed E-state index contributed by atoms with van der Waals surface area (Å²) in [5, 5.41) is 30.0. The van der Waals surface area contributed by atoms with Gasteiger partial charge in [-0.1, -0.05) is 102 Å². The first-order chi connectivity index (χ1) is 39.1. The number of carboxylic acid groups (broad SMARTS) is 2. The summed E-state index contributed by atoms with van der Waals surface area (Å²) < 4.78 is 15.4. The van der Waals surface area contributed by atoms with Crippen LogP contribution in [0.4, 0.5) is 0 Å². The van der Waals surface area contributed by atoms with Crippen LogP contribution in [-0.2, 0) is 23.9 Å². The average Bonchev–Trinajstić information content (AvgIpc) is 2.53. The minimum Gasteiger partial charge on any atom is -1.00 e. The molecule has 8 aromatic rings. The first-order valence-corrected chi connectivity index (χ1v) is 29.7. The number of carboxylic acids is 2. The van der Waals surface area contributed by atoms with Gasteiger partial charge in [-0.2, -0.15) is 0 Å². The number of halogens is 2. The lowest BCUT2D eigenvalue weighted by Gasteiger charge is -2.19. The second-order valence-electron chi connectivity index (χ2n) is 24.1. The number of quaternary nitrogens is 2. The van der Waals surface area contributed by atoms with Gasteiger partial charge in [0.15, 0.2) is 0 Å². The normalized spacial score (nSPS) is 11.7. The molecule has 0 fully saturated rings. The van der Waals surface area contributed by atoms with Gasteiger partial charge < -0.3 is 74.1 Å². The Labute approximate surface area is 512 Å². The van der Waals surface area contributed by atoms with Crippen LogP contribution in [0.25, 0.3) is 55.4 Å². The number of rotatable bonds is 24. The smallest absolute Gasteiger partial charge is 0.353 e. The molecule has 0 radical (unpaired) electrons. The Balaban J connectivity index is 0.000000300. The fourth-order valence-corrected chi connectivity index (χ4v) is 10.8. The molecule has 0 atom stereocenters. The SMILES string of the molecule is CC[NH+](CC)CCNCc1c(C(=O)O)n(-c2ccc(OC(C)C)cc2)c2ccc(-c3ccc(C(C)(C)C)cc3)cc12.CC[NH+](CC)CCNCc1c(C(=O)O)n(-c2ccc(OC(C)C)cc2)c2ccc(-c3ccc(C(C)(C)C)cc3)cc12.[Cl-].[Cl-]. The number of likely N-dealkylation sites (N-methyl/N-ethyl adjacent to an activating group) is 2. The summed E-state index contributed by atoms with van der Waals surface area (Å²) in [4.78, 5) is 28.7. The van der Waals surface area contributed by atoms with Crippen LogP contribution < -0.4 is 54.7 Å². The van der Waals surface area contributed by atoms with Crippen LogP contribution in [0.3, 0.4) is 0 Å². The van der Waals surface area contributed by atoms with Gasteiger partial charge >= 0.3 is 11.9 Å². The van der Waals surface area contributed by atoms with E-state index in [1.807, 2.05) is 85.4 Å². The van der Waals surface area contributed by atoms with Gasteiger partial charge in [-0.15, -0.1) is 0 Å². The molecule has 2 heterocycles. The van der Waals surface area contributed by atoms with Crippen molar-refractivity contribution in [3.05, 3.63) is 167 Å². The molecular weight excluding hydrogens is 1090 g/mol. The summed E-state index contributed by atoms with van der Waals surface area (Å²) in [7, 11) is 0. The molecule has 14 heteroatoms. The Kier molecular flexibility index (Phi) is 24.7. The minimum atomic E-state index is -0.939. The number of aromatic carboxylic acids is 2. The van der Waals surface area contributed by atoms with Crippen LogP contribution in [0.2, 0.25) is 0 Å². The van der Waals surface area contributed by atoms with Crippen LogP contribution in [-0.4, -0.2) is 95.9 Å². The van der Waals surface area contributed by atoms with Crippen molar-refractivity contribution in [2.45, 2.75) is 133 Å². The van der Waals surface area contributed by atoms with E-state index in [0.29, 0.717) is 24.5 Å². The first kappa shape index (κ1) is 68.1. The van der Waals surface area contributed by atoms with E-state index in [1.165, 1.54) is 20.9 Å². The Morgan fingerprint density at radius 1 is 0.476 bits per heavy atom. The van der Waals surface area contributed by atoms with Crippen LogP contribution in [0.5, 0.6) is 11.5 Å². The number of aromatic nitrogens is 2. The number of benzene rings is 6. The van der Waals surface area contributed by atoms with Crippen LogP contribution in [0.15, 0.2) is 133 Å². The van der Waals surface area contributed by atoms with Crippen LogP contribution in [0.1, 0.15) is 140 Å². The summed E-state index contributed by atoms with van der Waals surface area (Å²) in [5.41, 5.74) is 12.6. The zero-order valence-electron chi connectivity index (χ0n) is 52.1. The maximum Gasteiger partial charge on any atom is 0.353 e. The van der Waals surface area contributed by atoms with Crippen molar-refractivity contribution < 1.29 is 63.9 Å². The molecule has 0 bridgehead atoms. The van der Waals surface area contributed by atoms with E-state index in [9.17, 15) is 19.8 Å². The molecule has 2 aromatic heterocycles. The lowest BCUT2D eigenvalue weighted by Crippen LogP contribution is -3.12. The largest absolute Gasteiger partial charge is 1.00 e. The molecule has 0 aliphatic rings. The molecule has 0 aliphatic heterocycles. The highest BCUT2D eigenvalue weighted by Crippen LogP contribution is 2.37. The topological polar surface area (TPSA) is 136 Å². The number of fused-ring (bicyclic) bond motifs is 2. The lowest BCUT2D eigenvalue weighted by molar-refractivity contribution is -0.895. The third-order valence-corrected chi connectivity index (χ3v) is 15.6. The van der Waals surface area contributed by atoms with Gasteiger partial charge in [-0.05, 0) is 172 Å². The van der Waals surface area contributed by atoms with Crippen molar-refractivity contribution in [2.75, 3.05) is 52.4 Å². The summed E-state index contributed by atoms with van der Waals surface area (Å²) in [6.07, 6.45) is 0.129. The predicted molar refractivity (Wildman–Crippen MR) is 338 cm³/mol. The van der Waals surface area contributed by atoms with Crippen molar-refractivity contribution >= 4 is 33.7 Å². The highest BCUT2D eigenvalue weighted by Gasteiger charge is 2.27. The van der Waals surface area contributed by atoms with Crippen molar-refractivity contribution in [3.63, 3.8) is 0 Å². The molecule has 0 aliphatic carbocycles. The second-order valence-corrected chi connectivity index (χ2v) is 24.1. The van der Waals surface area contributed by atoms with Gasteiger partial charge in [0.2, 0.25) is 0 Å². The van der Waals surface area contributed by atoms with E-state index in [-0.39, 0.29) is 47.9 Å². The molecule has 12 nitrogen and oxygen atoms in total. The van der Waals surface area contributed by atoms with Crippen molar-refractivity contribution in [1.82, 2.24) is 19.8 Å². The average molecular weight is 1180 g/mol. The molecular formula is C70H92Cl2N6O6. The molecule has 84 heavy (non-hydrogen) atoms. The monoisotopic (exact) mass is 1180 g/mol. The van der Waals surface area contributed by atoms with Crippen molar-refractivity contribution in [3.8, 4) is 45.1 Å². The Morgan fingerprint density at radius 3 is 1.06 bits per heavy atom. The van der Waals surface area contributed by atoms with Crippen molar-refractivity contribution in [2.24, 2.45) is 0 Å². The van der Waals surface area contributed by atoms with Crippen LogP contribution >= 0.6 is 0 Å². The Hall–Kier alpha value is -6.64. The summed E-state index contributed by atoms with van der Waals surface area (Å²) >= 11 is 0. The van der Waals surface area contributed by atoms with Crippen molar-refractivity contribution in [1.29, 1.82) is 0 Å². The van der Waals surface area contributed by atoms with E-state index in [4.69, 9.17) is 9.47 Å². The van der Waals surface area contributed by atoms with E-state index in [2.05, 4.69) is 165 Å². The van der Waals surface area contributed by atoms with Gasteiger partial charge in [0.05, 0.1) is 62.5 Å². The molecule has 0 spiro atoms. The minimum absolute atomic E-state index is 0. The van der Waals surface area contributed by atoms with E-state index in [0.717, 1.165) is 130 Å². The molecule has 6 N–H and O–H groups in total. The number of hydrogen-bond acceptors (Lipinski definition) is 6. The van der Waals surface area contributed by atoms with E-state index >= 15 is 0 Å². The van der Waals surface area contributed by atoms with Gasteiger partial charge in [0.1, 0.15) is 22.9 Å². The molecule has 0 amide bonds. The third kappa shape index (κ3) is 16.8. The standard InChI is InChI=1S/2C35H45N3O3.2ClH/c2*1-8-37(9-2)21-20-36-23-31-30-22-26(25-10-13-27(14-11-25)35(5,6)7)12-19-32(30)38(33(31)34(39)40)28-15-17-29(18-16-28)41-24(3)4;;/h2*10-19,22,24,36H,8-9,20-21,23H2,1-7H3,(H,39,40);2*1H. The molecule has 452 valence electrons. The number of nitrogens with one attached hydrogen (secondary N) is 4. The molecule has 8 rings (SSSR count). The fourth-order valence-electron chi connectivity index (χ4n) is 10.8. The summed E-state index contributed by atoms with van der Waals surface area (Å²) in [6, 6.07) is 45.3. The predicted octanol–water partition coefficient (Wildman–Crippen LogP) is 6.20. The van der Waals surface area contributed by atoms with Crippen LogP contribution in [0, 0.1) is 0 Å². The Morgan fingerprint density at radius 2 is 0.786 bits per heavy atom. The highest BCUT2D eigenvalue weighted by molar-refractivity contribution is 6.02. The zero-order valence-corrected chi connectivity index (χ0v) is 53.6. The maximum absolute atomic E-state index is 12.8. The summed E-state index contributed by atoms with van der Waals surface area (Å²) in [5.74, 6) is -0.352. The first-order valence-electron chi connectivity index (χ1n) is 29.7. The van der Waals surface area contributed by atoms with Gasteiger partial charge in [0.25, 0.3) is 0 Å². The fraction of sp³-hybridized carbons (Fsp3) is 0.400. The number of nitrogens with zero attached hydrogens (tertiary/aromatic N) is 2. The van der Waals surface area contributed by atoms with Gasteiger partial charge in [-0.25, -0.2) is 9.59 Å². The summed E-state index contributed by atoms with van der Waals surface area (Å²) in [6.45, 7) is 38.9. The lowest BCUT2D eigenvalue weighted by atomic mass is 9.86. The van der Waals surface area contributed by atoms with Gasteiger partial charge in [-0.3, -0.25) is 0 Å².